The van der Waals surface area contributed by atoms with Crippen molar-refractivity contribution in [2.24, 2.45) is 0 Å². The van der Waals surface area contributed by atoms with Gasteiger partial charge in [-0.15, -0.1) is 0 Å². The second kappa shape index (κ2) is 4.26. The summed E-state index contributed by atoms with van der Waals surface area (Å²) >= 11 is 0. The van der Waals surface area contributed by atoms with Gasteiger partial charge in [-0.25, -0.2) is 9.37 Å². The van der Waals surface area contributed by atoms with Crippen molar-refractivity contribution in [3.05, 3.63) is 53.9 Å². The van der Waals surface area contributed by atoms with Crippen LogP contribution in [0.3, 0.4) is 0 Å². The molecule has 0 spiro atoms. The van der Waals surface area contributed by atoms with Crippen molar-refractivity contribution in [3.63, 3.8) is 0 Å². The summed E-state index contributed by atoms with van der Waals surface area (Å²) in [6.07, 6.45) is 4.60. The fraction of sp³-hybridized carbons (Fsp3) is 0.250. The first-order chi connectivity index (χ1) is 7.29. The van der Waals surface area contributed by atoms with Crippen molar-refractivity contribution in [3.8, 4) is 0 Å². The van der Waals surface area contributed by atoms with Crippen LogP contribution in [0.4, 0.5) is 4.39 Å². The largest absolute Gasteiger partial charge is 0.333 e. The zero-order valence-electron chi connectivity index (χ0n) is 8.65. The van der Waals surface area contributed by atoms with Gasteiger partial charge in [0, 0.05) is 11.8 Å². The van der Waals surface area contributed by atoms with Crippen LogP contribution in [0, 0.1) is 5.82 Å². The number of hydrogen-bond donors (Lipinski definition) is 0. The van der Waals surface area contributed by atoms with Crippen LogP contribution < -0.4 is 0 Å². The molecule has 0 saturated carbocycles. The lowest BCUT2D eigenvalue weighted by atomic mass is 10.2. The molecule has 0 aliphatic heterocycles. The number of aryl methyl sites for hydroxylation is 1. The van der Waals surface area contributed by atoms with Gasteiger partial charge in [-0.2, -0.15) is 0 Å². The van der Waals surface area contributed by atoms with Crippen molar-refractivity contribution in [1.29, 1.82) is 0 Å². The first-order valence-electron chi connectivity index (χ1n) is 5.03. The van der Waals surface area contributed by atoms with Crippen LogP contribution in [0.1, 0.15) is 18.2 Å². The van der Waals surface area contributed by atoms with Crippen LogP contribution in [0.2, 0.25) is 0 Å². The van der Waals surface area contributed by atoms with Gasteiger partial charge in [0.25, 0.3) is 0 Å². The first-order valence-corrected chi connectivity index (χ1v) is 5.03. The molecule has 0 unspecified atom stereocenters. The predicted molar refractivity (Wildman–Crippen MR) is 57.1 cm³/mol. The normalized spacial score (nSPS) is 10.5. The molecule has 1 aromatic heterocycles. The maximum absolute atomic E-state index is 13.3. The lowest BCUT2D eigenvalue weighted by Crippen LogP contribution is -1.98. The summed E-state index contributed by atoms with van der Waals surface area (Å²) in [5.41, 5.74) is 1.73. The monoisotopic (exact) mass is 204 g/mol. The number of nitrogens with zero attached hydrogens (tertiary/aromatic N) is 2. The van der Waals surface area contributed by atoms with E-state index in [0.29, 0.717) is 12.1 Å². The Balaban J connectivity index is 2.18. The lowest BCUT2D eigenvalue weighted by molar-refractivity contribution is 0.599. The van der Waals surface area contributed by atoms with Gasteiger partial charge >= 0.3 is 0 Å². The first kappa shape index (κ1) is 9.90. The standard InChI is InChI=1S/C12H13FN2/c1-2-11-8-15(9-14-11)7-10-5-3-4-6-12(10)13/h3-6,8-9H,2,7H2,1H3. The quantitative estimate of drug-likeness (QED) is 0.751. The molecule has 3 heteroatoms. The summed E-state index contributed by atoms with van der Waals surface area (Å²) in [5.74, 6) is -0.163. The molecule has 0 fully saturated rings. The Morgan fingerprint density at radius 1 is 1.33 bits per heavy atom. The third kappa shape index (κ3) is 2.24. The molecule has 0 aliphatic rings. The molecule has 0 radical (unpaired) electrons. The average molecular weight is 204 g/mol. The predicted octanol–water partition coefficient (Wildman–Crippen LogP) is 2.63. The van der Waals surface area contributed by atoms with Crippen molar-refractivity contribution in [2.45, 2.75) is 19.9 Å². The van der Waals surface area contributed by atoms with Gasteiger partial charge in [-0.05, 0) is 12.5 Å². The summed E-state index contributed by atoms with van der Waals surface area (Å²) in [6, 6.07) is 6.81. The van der Waals surface area contributed by atoms with Gasteiger partial charge in [0.05, 0.1) is 18.6 Å². The summed E-state index contributed by atoms with van der Waals surface area (Å²) in [7, 11) is 0. The Labute approximate surface area is 88.4 Å². The summed E-state index contributed by atoms with van der Waals surface area (Å²) in [5, 5.41) is 0. The van der Waals surface area contributed by atoms with E-state index in [-0.39, 0.29) is 5.82 Å². The molecule has 0 bridgehead atoms. The molecule has 2 aromatic rings. The van der Waals surface area contributed by atoms with E-state index in [9.17, 15) is 4.39 Å². The fourth-order valence-corrected chi connectivity index (χ4v) is 1.50. The minimum Gasteiger partial charge on any atom is -0.333 e. The molecule has 0 aliphatic carbocycles. The molecule has 0 N–H and O–H groups in total. The maximum atomic E-state index is 13.3. The Morgan fingerprint density at radius 3 is 2.80 bits per heavy atom. The second-order valence-corrected chi connectivity index (χ2v) is 3.48. The van der Waals surface area contributed by atoms with Crippen molar-refractivity contribution in [2.75, 3.05) is 0 Å². The smallest absolute Gasteiger partial charge is 0.128 e. The Bertz CT molecular complexity index is 448. The van der Waals surface area contributed by atoms with E-state index in [1.54, 1.807) is 18.5 Å². The van der Waals surface area contributed by atoms with Crippen molar-refractivity contribution >= 4 is 0 Å². The van der Waals surface area contributed by atoms with Crippen LogP contribution in [0.25, 0.3) is 0 Å². The number of halogens is 1. The highest BCUT2D eigenvalue weighted by atomic mass is 19.1. The fourth-order valence-electron chi connectivity index (χ4n) is 1.50. The van der Waals surface area contributed by atoms with E-state index in [1.807, 2.05) is 16.8 Å². The molecular weight excluding hydrogens is 191 g/mol. The molecule has 1 heterocycles. The topological polar surface area (TPSA) is 17.8 Å². The number of benzene rings is 1. The van der Waals surface area contributed by atoms with Crippen LogP contribution >= 0.6 is 0 Å². The Kier molecular flexibility index (Phi) is 2.81. The van der Waals surface area contributed by atoms with E-state index in [2.05, 4.69) is 11.9 Å². The minimum absolute atomic E-state index is 0.163. The van der Waals surface area contributed by atoms with Gasteiger partial charge in [0.15, 0.2) is 0 Å². The molecular formula is C12H13FN2. The minimum atomic E-state index is -0.163. The highest BCUT2D eigenvalue weighted by Gasteiger charge is 2.02. The number of rotatable bonds is 3. The number of aromatic nitrogens is 2. The summed E-state index contributed by atoms with van der Waals surface area (Å²) < 4.78 is 15.2. The van der Waals surface area contributed by atoms with Crippen molar-refractivity contribution < 1.29 is 4.39 Å². The van der Waals surface area contributed by atoms with Gasteiger partial charge in [-0.1, -0.05) is 25.1 Å². The third-order valence-electron chi connectivity index (χ3n) is 2.36. The van der Waals surface area contributed by atoms with E-state index < -0.39 is 0 Å². The second-order valence-electron chi connectivity index (χ2n) is 3.48. The third-order valence-corrected chi connectivity index (χ3v) is 2.36. The summed E-state index contributed by atoms with van der Waals surface area (Å²) in [6.45, 7) is 2.59. The molecule has 0 saturated heterocycles. The highest BCUT2D eigenvalue weighted by molar-refractivity contribution is 5.17. The Morgan fingerprint density at radius 2 is 2.13 bits per heavy atom. The van der Waals surface area contributed by atoms with Gasteiger partial charge in [0.2, 0.25) is 0 Å². The summed E-state index contributed by atoms with van der Waals surface area (Å²) in [4.78, 5) is 4.20. The molecule has 15 heavy (non-hydrogen) atoms. The molecule has 0 amide bonds. The van der Waals surface area contributed by atoms with Gasteiger partial charge in [0.1, 0.15) is 5.82 Å². The lowest BCUT2D eigenvalue weighted by Gasteiger charge is -2.03. The highest BCUT2D eigenvalue weighted by Crippen LogP contribution is 2.09. The van der Waals surface area contributed by atoms with Crippen LogP contribution in [-0.2, 0) is 13.0 Å². The molecule has 78 valence electrons. The zero-order valence-corrected chi connectivity index (χ0v) is 8.65. The average Bonchev–Trinajstić information content (AvgIpc) is 2.69. The molecule has 1 aromatic carbocycles. The number of imidazole rings is 1. The van der Waals surface area contributed by atoms with Crippen LogP contribution in [0.5, 0.6) is 0 Å². The SMILES string of the molecule is CCc1cn(Cc2ccccc2F)cn1. The molecule has 0 atom stereocenters. The number of hydrogen-bond acceptors (Lipinski definition) is 1. The van der Waals surface area contributed by atoms with Crippen LogP contribution in [0.15, 0.2) is 36.8 Å². The van der Waals surface area contributed by atoms with Crippen molar-refractivity contribution in [1.82, 2.24) is 9.55 Å². The molecule has 2 nitrogen and oxygen atoms in total. The van der Waals surface area contributed by atoms with Gasteiger partial charge in [-0.3, -0.25) is 0 Å². The zero-order chi connectivity index (χ0) is 10.7. The van der Waals surface area contributed by atoms with E-state index in [0.717, 1.165) is 12.1 Å². The van der Waals surface area contributed by atoms with E-state index >= 15 is 0 Å². The van der Waals surface area contributed by atoms with Crippen LogP contribution in [-0.4, -0.2) is 9.55 Å². The maximum Gasteiger partial charge on any atom is 0.128 e. The van der Waals surface area contributed by atoms with Gasteiger partial charge < -0.3 is 4.57 Å². The Hall–Kier alpha value is -1.64. The van der Waals surface area contributed by atoms with E-state index in [1.165, 1.54) is 6.07 Å². The van der Waals surface area contributed by atoms with E-state index in [4.69, 9.17) is 0 Å². The molecule has 2 rings (SSSR count).